The molecule has 12 atom stereocenters. The maximum Gasteiger partial charge on any atom is 0.220 e. The number of aliphatic hydroxyl groups excluding tert-OH is 8. The van der Waals surface area contributed by atoms with Crippen molar-refractivity contribution in [3.8, 4) is 0 Å². The topological polar surface area (TPSA) is 228 Å². The largest absolute Gasteiger partial charge is 0.394 e. The molecule has 528 valence electrons. The van der Waals surface area contributed by atoms with E-state index in [2.05, 4.69) is 55.6 Å². The fourth-order valence-corrected chi connectivity index (χ4v) is 12.5. The number of rotatable bonds is 63. The van der Waals surface area contributed by atoms with Gasteiger partial charge < -0.3 is 65.1 Å². The highest BCUT2D eigenvalue weighted by atomic mass is 16.7. The van der Waals surface area contributed by atoms with E-state index < -0.39 is 86.8 Å². The third kappa shape index (κ3) is 43.8. The molecule has 2 aliphatic rings. The Morgan fingerprint density at radius 2 is 0.733 bits per heavy atom. The average molecular weight is 1280 g/mol. The minimum absolute atomic E-state index is 0.234. The molecule has 0 spiro atoms. The summed E-state index contributed by atoms with van der Waals surface area (Å²) in [7, 11) is 0. The zero-order chi connectivity index (χ0) is 65.2. The summed E-state index contributed by atoms with van der Waals surface area (Å²) in [5.41, 5.74) is 0. The van der Waals surface area contributed by atoms with E-state index in [-0.39, 0.29) is 18.9 Å². The normalized spacial score (nSPS) is 23.1. The standard InChI is InChI=1S/C76H141NO13/c1-3-5-7-9-11-13-15-17-19-21-23-25-27-28-29-30-31-32-33-34-35-36-38-40-42-44-46-48-50-52-54-56-58-60-68(81)77-64(63-87-75-73(86)71(84)74(67(62-79)89-75)90-76-72(85)70(83)69(82)66(61-78)88-76)65(80)59-57-55-53-51-49-47-45-43-41-39-37-26-24-22-20-18-16-14-12-10-8-6-4-2/h15,17,21,23,27-28,57,59,64-67,69-76,78-80,82-86H,3-14,16,18-20,22,24-26,29-56,58,60-63H2,1-2H3,(H,77,81)/b17-15-,23-21-,28-27-,59-57+. The summed E-state index contributed by atoms with van der Waals surface area (Å²) in [5, 5.41) is 87.6. The number of hydrogen-bond acceptors (Lipinski definition) is 13. The molecule has 0 aromatic heterocycles. The first-order valence-electron chi connectivity index (χ1n) is 37.9. The van der Waals surface area contributed by atoms with Crippen LogP contribution in [0.1, 0.15) is 335 Å². The third-order valence-corrected chi connectivity index (χ3v) is 18.5. The fourth-order valence-electron chi connectivity index (χ4n) is 12.5. The van der Waals surface area contributed by atoms with Gasteiger partial charge in [0.2, 0.25) is 5.91 Å². The molecular weight excluding hydrogens is 1130 g/mol. The summed E-state index contributed by atoms with van der Waals surface area (Å²) in [6, 6.07) is -0.916. The number of carbonyl (C=O) groups excluding carboxylic acids is 1. The molecule has 1 amide bonds. The van der Waals surface area contributed by atoms with Crippen LogP contribution in [0.2, 0.25) is 0 Å². The Morgan fingerprint density at radius 1 is 0.400 bits per heavy atom. The lowest BCUT2D eigenvalue weighted by Gasteiger charge is -2.46. The SMILES string of the molecule is CCCCCCC/C=C\C/C=C\C/C=C\CCCCCCCCCCCCCCCCCCCCC(=O)NC(COC1OC(CO)C(OC2OC(CO)C(O)C(O)C2O)C(O)C1O)C(O)/C=C/CCCCCCCCCCCCCCCCCCCCCCC. The number of aliphatic hydroxyl groups is 8. The molecule has 0 aromatic rings. The molecule has 0 aliphatic carbocycles. The molecule has 0 radical (unpaired) electrons. The van der Waals surface area contributed by atoms with Crippen LogP contribution in [0.25, 0.3) is 0 Å². The number of hydrogen-bond donors (Lipinski definition) is 9. The van der Waals surface area contributed by atoms with Crippen LogP contribution >= 0.6 is 0 Å². The van der Waals surface area contributed by atoms with E-state index in [9.17, 15) is 45.6 Å². The lowest BCUT2D eigenvalue weighted by Crippen LogP contribution is -2.65. The number of unbranched alkanes of at least 4 members (excludes halogenated alkanes) is 44. The lowest BCUT2D eigenvalue weighted by atomic mass is 9.97. The van der Waals surface area contributed by atoms with Crippen molar-refractivity contribution in [2.45, 2.75) is 408 Å². The van der Waals surface area contributed by atoms with E-state index in [1.54, 1.807) is 6.08 Å². The first-order chi connectivity index (χ1) is 44.1. The van der Waals surface area contributed by atoms with Gasteiger partial charge in [0, 0.05) is 6.42 Å². The summed E-state index contributed by atoms with van der Waals surface area (Å²) < 4.78 is 22.9. The van der Waals surface area contributed by atoms with Crippen molar-refractivity contribution >= 4 is 5.91 Å². The van der Waals surface area contributed by atoms with Gasteiger partial charge in [0.05, 0.1) is 32.0 Å². The second-order valence-corrected chi connectivity index (χ2v) is 26.8. The molecule has 12 unspecified atom stereocenters. The van der Waals surface area contributed by atoms with E-state index in [1.165, 1.54) is 257 Å². The van der Waals surface area contributed by atoms with Crippen molar-refractivity contribution in [2.75, 3.05) is 19.8 Å². The Kier molecular flexibility index (Phi) is 56.6. The monoisotopic (exact) mass is 1280 g/mol. The molecule has 0 bridgehead atoms. The number of nitrogens with one attached hydrogen (secondary N) is 1. The average Bonchev–Trinajstić information content (AvgIpc) is 1.41. The van der Waals surface area contributed by atoms with Gasteiger partial charge >= 0.3 is 0 Å². The Labute approximate surface area is 550 Å². The summed E-state index contributed by atoms with van der Waals surface area (Å²) in [6.07, 6.45) is 63.2. The van der Waals surface area contributed by atoms with Gasteiger partial charge in [-0.15, -0.1) is 0 Å². The Bertz CT molecular complexity index is 1690. The third-order valence-electron chi connectivity index (χ3n) is 18.5. The van der Waals surface area contributed by atoms with Crippen LogP contribution in [0.4, 0.5) is 0 Å². The van der Waals surface area contributed by atoms with Crippen LogP contribution in [-0.2, 0) is 23.7 Å². The Morgan fingerprint density at radius 3 is 1.12 bits per heavy atom. The van der Waals surface area contributed by atoms with Crippen LogP contribution in [0.3, 0.4) is 0 Å². The summed E-state index contributed by atoms with van der Waals surface area (Å²) >= 11 is 0. The predicted octanol–water partition coefficient (Wildman–Crippen LogP) is 16.2. The number of carbonyl (C=O) groups is 1. The minimum atomic E-state index is -1.79. The highest BCUT2D eigenvalue weighted by Gasteiger charge is 2.51. The van der Waals surface area contributed by atoms with Gasteiger partial charge in [0.1, 0.15) is 48.8 Å². The van der Waals surface area contributed by atoms with E-state index in [1.807, 2.05) is 6.08 Å². The van der Waals surface area contributed by atoms with Crippen molar-refractivity contribution in [2.24, 2.45) is 0 Å². The van der Waals surface area contributed by atoms with Crippen molar-refractivity contribution in [1.29, 1.82) is 0 Å². The summed E-state index contributed by atoms with van der Waals surface area (Å²) in [4.78, 5) is 13.4. The van der Waals surface area contributed by atoms with Gasteiger partial charge in [-0.2, -0.15) is 0 Å². The van der Waals surface area contributed by atoms with E-state index >= 15 is 0 Å². The molecule has 2 rings (SSSR count). The summed E-state index contributed by atoms with van der Waals surface area (Å²) in [5.74, 6) is -0.234. The smallest absolute Gasteiger partial charge is 0.220 e. The van der Waals surface area contributed by atoms with E-state index in [0.717, 1.165) is 51.4 Å². The molecule has 2 aliphatic heterocycles. The first-order valence-corrected chi connectivity index (χ1v) is 37.9. The molecule has 2 fully saturated rings. The molecule has 9 N–H and O–H groups in total. The molecule has 14 heteroatoms. The van der Waals surface area contributed by atoms with E-state index in [0.29, 0.717) is 6.42 Å². The van der Waals surface area contributed by atoms with Crippen molar-refractivity contribution in [3.05, 3.63) is 48.6 Å². The number of allylic oxidation sites excluding steroid dienone is 7. The van der Waals surface area contributed by atoms with Gasteiger partial charge in [0.25, 0.3) is 0 Å². The van der Waals surface area contributed by atoms with Crippen LogP contribution in [-0.4, -0.2) is 140 Å². The molecule has 0 aromatic carbocycles. The van der Waals surface area contributed by atoms with E-state index in [4.69, 9.17) is 18.9 Å². The quantitative estimate of drug-likeness (QED) is 0.0204. The lowest BCUT2D eigenvalue weighted by molar-refractivity contribution is -0.359. The fraction of sp³-hybridized carbons (Fsp3) is 0.882. The molecule has 2 heterocycles. The maximum atomic E-state index is 13.4. The van der Waals surface area contributed by atoms with Crippen molar-refractivity contribution < 1.29 is 64.6 Å². The zero-order valence-corrected chi connectivity index (χ0v) is 57.6. The molecular formula is C76H141NO13. The van der Waals surface area contributed by atoms with Gasteiger partial charge in [0.15, 0.2) is 12.6 Å². The number of amides is 1. The first kappa shape index (κ1) is 84.0. The van der Waals surface area contributed by atoms with Gasteiger partial charge in [-0.3, -0.25) is 4.79 Å². The molecule has 90 heavy (non-hydrogen) atoms. The van der Waals surface area contributed by atoms with Crippen LogP contribution in [0.5, 0.6) is 0 Å². The van der Waals surface area contributed by atoms with Crippen LogP contribution in [0, 0.1) is 0 Å². The molecule has 14 nitrogen and oxygen atoms in total. The predicted molar refractivity (Wildman–Crippen MR) is 369 cm³/mol. The van der Waals surface area contributed by atoms with Crippen molar-refractivity contribution in [1.82, 2.24) is 5.32 Å². The zero-order valence-electron chi connectivity index (χ0n) is 57.6. The van der Waals surface area contributed by atoms with Crippen LogP contribution in [0.15, 0.2) is 48.6 Å². The molecule has 2 saturated heterocycles. The summed E-state index contributed by atoms with van der Waals surface area (Å²) in [6.45, 7) is 2.84. The van der Waals surface area contributed by atoms with Crippen LogP contribution < -0.4 is 5.32 Å². The van der Waals surface area contributed by atoms with Gasteiger partial charge in [-0.05, 0) is 57.8 Å². The Hall–Kier alpha value is -2.05. The maximum absolute atomic E-state index is 13.4. The van der Waals surface area contributed by atoms with Crippen molar-refractivity contribution in [3.63, 3.8) is 0 Å². The minimum Gasteiger partial charge on any atom is -0.394 e. The highest BCUT2D eigenvalue weighted by Crippen LogP contribution is 2.30. The second kappa shape index (κ2) is 60.6. The molecule has 0 saturated carbocycles. The second-order valence-electron chi connectivity index (χ2n) is 26.8. The Balaban J connectivity index is 1.63. The number of ether oxygens (including phenoxy) is 4. The van der Waals surface area contributed by atoms with Gasteiger partial charge in [-0.1, -0.05) is 319 Å². The highest BCUT2D eigenvalue weighted by molar-refractivity contribution is 5.76. The van der Waals surface area contributed by atoms with Gasteiger partial charge in [-0.25, -0.2) is 0 Å².